The number of carbonyl (C=O) groups is 2. The highest BCUT2D eigenvalue weighted by molar-refractivity contribution is 5.85. The predicted molar refractivity (Wildman–Crippen MR) is 113 cm³/mol. The van der Waals surface area contributed by atoms with E-state index in [0.29, 0.717) is 38.7 Å². The van der Waals surface area contributed by atoms with Crippen molar-refractivity contribution in [2.45, 2.75) is 88.9 Å². The molecule has 0 aromatic heterocycles. The maximum Gasteiger partial charge on any atom is 0.331 e. The first-order chi connectivity index (χ1) is 15.1. The van der Waals surface area contributed by atoms with E-state index in [4.69, 9.17) is 9.47 Å². The summed E-state index contributed by atoms with van der Waals surface area (Å²) < 4.78 is 10.6. The predicted octanol–water partition coefficient (Wildman–Crippen LogP) is 2.79. The number of rotatable bonds is 2. The Hall–Kier alpha value is -1.91. The highest BCUT2D eigenvalue weighted by atomic mass is 16.5. The fourth-order valence-corrected chi connectivity index (χ4v) is 8.58. The van der Waals surface area contributed by atoms with Crippen LogP contribution in [0.2, 0.25) is 0 Å². The van der Waals surface area contributed by atoms with Gasteiger partial charge < -0.3 is 19.7 Å². The van der Waals surface area contributed by atoms with Crippen LogP contribution in [0.25, 0.3) is 0 Å². The maximum atomic E-state index is 12.2. The number of esters is 2. The van der Waals surface area contributed by atoms with Crippen LogP contribution in [-0.2, 0) is 19.1 Å². The molecular formula is C25H33NO6. The first-order valence-electron chi connectivity index (χ1n) is 12.0. The lowest BCUT2D eigenvalue weighted by Crippen LogP contribution is -2.68. The molecule has 8 atom stereocenters. The third-order valence-electron chi connectivity index (χ3n) is 10.1. The summed E-state index contributed by atoms with van der Waals surface area (Å²) >= 11 is 0. The van der Waals surface area contributed by atoms with Gasteiger partial charge in [-0.25, -0.2) is 4.79 Å². The van der Waals surface area contributed by atoms with E-state index in [9.17, 15) is 25.1 Å². The van der Waals surface area contributed by atoms with Gasteiger partial charge in [0.15, 0.2) is 0 Å². The SMILES string of the molecule is CC(=O)O[C@@H]1CC[C@]2(C#N)[C@H]3CC[C@]4(C)[C@H](C5=CC(=O)OC5)CC[C@]4(O)[C@@H]3CC[C@@]2(O)C1. The molecule has 7 heteroatoms. The summed E-state index contributed by atoms with van der Waals surface area (Å²) in [5.41, 5.74) is -2.48. The van der Waals surface area contributed by atoms with Gasteiger partial charge in [-0.1, -0.05) is 6.92 Å². The molecule has 0 aromatic carbocycles. The molecule has 0 radical (unpaired) electrons. The molecule has 4 aliphatic carbocycles. The molecule has 0 aromatic rings. The highest BCUT2D eigenvalue weighted by Gasteiger charge is 2.71. The minimum absolute atomic E-state index is 0.0740. The van der Waals surface area contributed by atoms with Crippen LogP contribution in [0.1, 0.15) is 71.6 Å². The fraction of sp³-hybridized carbons (Fsp3) is 0.800. The van der Waals surface area contributed by atoms with Crippen LogP contribution in [0.5, 0.6) is 0 Å². The Morgan fingerprint density at radius 1 is 1.16 bits per heavy atom. The van der Waals surface area contributed by atoms with Gasteiger partial charge in [0.25, 0.3) is 0 Å². The van der Waals surface area contributed by atoms with Crippen molar-refractivity contribution in [2.24, 2.45) is 28.6 Å². The van der Waals surface area contributed by atoms with Crippen molar-refractivity contribution in [1.82, 2.24) is 0 Å². The van der Waals surface area contributed by atoms with E-state index in [0.717, 1.165) is 24.8 Å². The summed E-state index contributed by atoms with van der Waals surface area (Å²) in [5, 5.41) is 34.4. The monoisotopic (exact) mass is 443 g/mol. The van der Waals surface area contributed by atoms with Crippen molar-refractivity contribution < 1.29 is 29.3 Å². The largest absolute Gasteiger partial charge is 0.462 e. The molecule has 7 nitrogen and oxygen atoms in total. The Bertz CT molecular complexity index is 924. The Kier molecular flexibility index (Phi) is 4.82. The zero-order valence-electron chi connectivity index (χ0n) is 18.9. The molecule has 5 aliphatic rings. The first kappa shape index (κ1) is 21.9. The van der Waals surface area contributed by atoms with Crippen molar-refractivity contribution in [2.75, 3.05) is 6.61 Å². The standard InChI is InChI=1S/C25H33NO6/c1-15(27)32-17-3-8-23(14-26)19-4-7-22(2)18(16-11-21(28)31-13-16)6-10-25(22,30)20(19)5-9-24(23,29)12-17/h11,17-20,29-30H,3-10,12-13H2,1-2H3/t17-,18+,19+,20-,22-,23+,24-,25+/m1/s1. The second kappa shape index (κ2) is 7.04. The summed E-state index contributed by atoms with van der Waals surface area (Å²) in [6.45, 7) is 3.82. The van der Waals surface area contributed by atoms with Crippen molar-refractivity contribution in [1.29, 1.82) is 5.26 Å². The molecule has 32 heavy (non-hydrogen) atoms. The van der Waals surface area contributed by atoms with Crippen LogP contribution < -0.4 is 0 Å². The summed E-state index contributed by atoms with van der Waals surface area (Å²) in [7, 11) is 0. The van der Waals surface area contributed by atoms with Crippen molar-refractivity contribution in [3.05, 3.63) is 11.6 Å². The van der Waals surface area contributed by atoms with E-state index in [1.165, 1.54) is 6.92 Å². The molecule has 4 fully saturated rings. The summed E-state index contributed by atoms with van der Waals surface area (Å²) in [4.78, 5) is 23.2. The molecule has 0 bridgehead atoms. The van der Waals surface area contributed by atoms with E-state index in [1.54, 1.807) is 6.08 Å². The van der Waals surface area contributed by atoms with Gasteiger partial charge in [0.1, 0.15) is 12.7 Å². The number of hydrogen-bond acceptors (Lipinski definition) is 7. The van der Waals surface area contributed by atoms with Gasteiger partial charge >= 0.3 is 11.9 Å². The van der Waals surface area contributed by atoms with E-state index in [-0.39, 0.29) is 47.6 Å². The molecule has 1 heterocycles. The molecule has 5 rings (SSSR count). The molecule has 0 spiro atoms. The van der Waals surface area contributed by atoms with Gasteiger partial charge in [-0.3, -0.25) is 4.79 Å². The Balaban J connectivity index is 1.47. The number of fused-ring (bicyclic) bond motifs is 5. The van der Waals surface area contributed by atoms with Crippen molar-refractivity contribution in [3.63, 3.8) is 0 Å². The number of carbonyl (C=O) groups excluding carboxylic acids is 2. The Labute approximate surface area is 188 Å². The molecule has 4 saturated carbocycles. The van der Waals surface area contributed by atoms with Gasteiger partial charge in [-0.05, 0) is 74.7 Å². The lowest BCUT2D eigenvalue weighted by atomic mass is 9.41. The maximum absolute atomic E-state index is 12.2. The number of ether oxygens (including phenoxy) is 2. The second-order valence-corrected chi connectivity index (χ2v) is 11.1. The number of nitriles is 1. The van der Waals surface area contributed by atoms with Gasteiger partial charge in [-0.15, -0.1) is 0 Å². The van der Waals surface area contributed by atoms with Crippen LogP contribution in [0.3, 0.4) is 0 Å². The van der Waals surface area contributed by atoms with Crippen LogP contribution in [0.4, 0.5) is 0 Å². The molecule has 174 valence electrons. The minimum Gasteiger partial charge on any atom is -0.462 e. The Morgan fingerprint density at radius 3 is 2.56 bits per heavy atom. The van der Waals surface area contributed by atoms with Gasteiger partial charge in [0, 0.05) is 24.8 Å². The molecule has 0 unspecified atom stereocenters. The summed E-state index contributed by atoms with van der Waals surface area (Å²) in [6, 6.07) is 2.54. The van der Waals surface area contributed by atoms with Crippen LogP contribution in [0.15, 0.2) is 11.6 Å². The lowest BCUT2D eigenvalue weighted by Gasteiger charge is -2.64. The van der Waals surface area contributed by atoms with Gasteiger partial charge in [0.05, 0.1) is 22.7 Å². The van der Waals surface area contributed by atoms with Crippen molar-refractivity contribution >= 4 is 11.9 Å². The van der Waals surface area contributed by atoms with Crippen molar-refractivity contribution in [3.8, 4) is 6.07 Å². The number of cyclic esters (lactones) is 1. The Morgan fingerprint density at radius 2 is 1.91 bits per heavy atom. The van der Waals surface area contributed by atoms with E-state index < -0.39 is 16.6 Å². The average Bonchev–Trinajstić information content (AvgIpc) is 3.27. The third-order valence-corrected chi connectivity index (χ3v) is 10.1. The normalized spacial score (nSPS) is 49.7. The quantitative estimate of drug-likeness (QED) is 0.630. The first-order valence-corrected chi connectivity index (χ1v) is 12.0. The fourth-order valence-electron chi connectivity index (χ4n) is 8.58. The van der Waals surface area contributed by atoms with Crippen LogP contribution >= 0.6 is 0 Å². The molecule has 1 aliphatic heterocycles. The zero-order valence-corrected chi connectivity index (χ0v) is 18.9. The van der Waals surface area contributed by atoms with E-state index in [1.807, 2.05) is 0 Å². The van der Waals surface area contributed by atoms with Gasteiger partial charge in [-0.2, -0.15) is 5.26 Å². The molecule has 0 amide bonds. The highest BCUT2D eigenvalue weighted by Crippen LogP contribution is 2.70. The minimum atomic E-state index is -1.21. The lowest BCUT2D eigenvalue weighted by molar-refractivity contribution is -0.244. The van der Waals surface area contributed by atoms with Crippen LogP contribution in [-0.4, -0.2) is 46.1 Å². The molecule has 0 saturated heterocycles. The molecular weight excluding hydrogens is 410 g/mol. The third kappa shape index (κ3) is 2.72. The summed E-state index contributed by atoms with van der Waals surface area (Å²) in [6.07, 6.45) is 6.56. The average molecular weight is 444 g/mol. The number of hydrogen-bond donors (Lipinski definition) is 2. The van der Waals surface area contributed by atoms with E-state index >= 15 is 0 Å². The van der Waals surface area contributed by atoms with Crippen LogP contribution in [0, 0.1) is 39.9 Å². The second-order valence-electron chi connectivity index (χ2n) is 11.1. The number of aliphatic hydroxyl groups is 2. The smallest absolute Gasteiger partial charge is 0.331 e. The number of nitrogens with zero attached hydrogens (tertiary/aromatic N) is 1. The van der Waals surface area contributed by atoms with Gasteiger partial charge in [0.2, 0.25) is 0 Å². The molecule has 2 N–H and O–H groups in total. The zero-order chi connectivity index (χ0) is 22.9. The van der Waals surface area contributed by atoms with E-state index in [2.05, 4.69) is 13.0 Å². The topological polar surface area (TPSA) is 117 Å². The summed E-state index contributed by atoms with van der Waals surface area (Å²) in [5.74, 6) is -0.742.